The van der Waals surface area contributed by atoms with E-state index in [4.69, 9.17) is 5.73 Å². The van der Waals surface area contributed by atoms with Gasteiger partial charge in [0.15, 0.2) is 9.84 Å². The standard InChI is InChI=1S/C15H14BrNO2S/c16-11-5-7-12(8-6-11)20(18,19)14-9-10-3-1-2-4-13(10)15(14)17/h1-8,14-15H,9,17H2. The van der Waals surface area contributed by atoms with Crippen LogP contribution in [0.3, 0.4) is 0 Å². The normalized spacial score (nSPS) is 21.7. The molecule has 20 heavy (non-hydrogen) atoms. The molecular formula is C15H14BrNO2S. The smallest absolute Gasteiger partial charge is 0.183 e. The van der Waals surface area contributed by atoms with Crippen LogP contribution in [0.15, 0.2) is 57.9 Å². The maximum absolute atomic E-state index is 12.7. The Hall–Kier alpha value is -1.17. The van der Waals surface area contributed by atoms with E-state index in [2.05, 4.69) is 15.9 Å². The van der Waals surface area contributed by atoms with Gasteiger partial charge >= 0.3 is 0 Å². The molecule has 1 aliphatic carbocycles. The Morgan fingerprint density at radius 2 is 1.70 bits per heavy atom. The van der Waals surface area contributed by atoms with Crippen molar-refractivity contribution >= 4 is 25.8 Å². The summed E-state index contributed by atoms with van der Waals surface area (Å²) in [5.41, 5.74) is 8.13. The van der Waals surface area contributed by atoms with Crippen LogP contribution in [-0.2, 0) is 16.3 Å². The van der Waals surface area contributed by atoms with Gasteiger partial charge in [0.2, 0.25) is 0 Å². The van der Waals surface area contributed by atoms with Crippen LogP contribution in [-0.4, -0.2) is 13.7 Å². The molecule has 0 heterocycles. The Morgan fingerprint density at radius 1 is 1.05 bits per heavy atom. The third-order valence-corrected chi connectivity index (χ3v) is 6.49. The SMILES string of the molecule is NC1c2ccccc2CC1S(=O)(=O)c1ccc(Br)cc1. The molecule has 0 bridgehead atoms. The van der Waals surface area contributed by atoms with Crippen molar-refractivity contribution in [1.82, 2.24) is 0 Å². The molecule has 2 atom stereocenters. The van der Waals surface area contributed by atoms with E-state index in [-0.39, 0.29) is 0 Å². The first-order valence-corrected chi connectivity index (χ1v) is 8.67. The molecule has 0 saturated heterocycles. The lowest BCUT2D eigenvalue weighted by Crippen LogP contribution is -2.30. The Bertz CT molecular complexity index is 741. The Morgan fingerprint density at radius 3 is 2.35 bits per heavy atom. The first kappa shape index (κ1) is 13.8. The molecule has 5 heteroatoms. The van der Waals surface area contributed by atoms with Crippen molar-refractivity contribution in [3.8, 4) is 0 Å². The number of nitrogens with two attached hydrogens (primary N) is 1. The minimum Gasteiger partial charge on any atom is -0.323 e. The van der Waals surface area contributed by atoms with Crippen molar-refractivity contribution in [3.63, 3.8) is 0 Å². The van der Waals surface area contributed by atoms with Crippen LogP contribution in [0.5, 0.6) is 0 Å². The third-order valence-electron chi connectivity index (χ3n) is 3.78. The molecule has 2 aromatic carbocycles. The summed E-state index contributed by atoms with van der Waals surface area (Å²) in [5.74, 6) is 0. The van der Waals surface area contributed by atoms with Gasteiger partial charge in [-0.15, -0.1) is 0 Å². The average molecular weight is 352 g/mol. The summed E-state index contributed by atoms with van der Waals surface area (Å²) in [7, 11) is -3.42. The zero-order chi connectivity index (χ0) is 14.3. The number of halogens is 1. The monoisotopic (exact) mass is 351 g/mol. The largest absolute Gasteiger partial charge is 0.323 e. The summed E-state index contributed by atoms with van der Waals surface area (Å²) < 4.78 is 26.3. The molecule has 104 valence electrons. The van der Waals surface area contributed by atoms with Crippen molar-refractivity contribution in [2.75, 3.05) is 0 Å². The second kappa shape index (κ2) is 4.98. The minimum absolute atomic E-state index is 0.328. The third kappa shape index (κ3) is 2.20. The van der Waals surface area contributed by atoms with E-state index >= 15 is 0 Å². The van der Waals surface area contributed by atoms with Crippen molar-refractivity contribution < 1.29 is 8.42 Å². The molecule has 1 aliphatic rings. The molecule has 0 spiro atoms. The first-order chi connectivity index (χ1) is 9.50. The van der Waals surface area contributed by atoms with Gasteiger partial charge in [-0.1, -0.05) is 40.2 Å². The summed E-state index contributed by atoms with van der Waals surface area (Å²) in [4.78, 5) is 0.328. The van der Waals surface area contributed by atoms with Crippen LogP contribution in [0.2, 0.25) is 0 Å². The number of rotatable bonds is 2. The molecule has 3 rings (SSSR count). The van der Waals surface area contributed by atoms with Gasteiger partial charge < -0.3 is 5.73 Å². The van der Waals surface area contributed by atoms with Gasteiger partial charge in [0.05, 0.1) is 10.1 Å². The van der Waals surface area contributed by atoms with Gasteiger partial charge in [-0.25, -0.2) is 8.42 Å². The van der Waals surface area contributed by atoms with Crippen molar-refractivity contribution in [2.24, 2.45) is 5.73 Å². The van der Waals surface area contributed by atoms with E-state index in [0.717, 1.165) is 15.6 Å². The number of fused-ring (bicyclic) bond motifs is 1. The van der Waals surface area contributed by atoms with E-state index in [0.29, 0.717) is 11.3 Å². The molecule has 2 aromatic rings. The molecule has 2 unspecified atom stereocenters. The zero-order valence-electron chi connectivity index (χ0n) is 10.7. The molecule has 3 nitrogen and oxygen atoms in total. The highest BCUT2D eigenvalue weighted by atomic mass is 79.9. The summed E-state index contributed by atoms with van der Waals surface area (Å²) in [5, 5.41) is -0.582. The van der Waals surface area contributed by atoms with Crippen LogP contribution in [0, 0.1) is 0 Å². The van der Waals surface area contributed by atoms with Gasteiger partial charge in [0.1, 0.15) is 0 Å². The Kier molecular flexibility index (Phi) is 3.44. The minimum atomic E-state index is -3.42. The van der Waals surface area contributed by atoms with Gasteiger partial charge in [-0.2, -0.15) is 0 Å². The number of benzene rings is 2. The second-order valence-electron chi connectivity index (χ2n) is 4.97. The van der Waals surface area contributed by atoms with Crippen molar-refractivity contribution in [3.05, 3.63) is 64.1 Å². The van der Waals surface area contributed by atoms with E-state index in [1.807, 2.05) is 24.3 Å². The average Bonchev–Trinajstić information content (AvgIpc) is 2.78. The Balaban J connectivity index is 2.00. The maximum Gasteiger partial charge on any atom is 0.183 e. The van der Waals surface area contributed by atoms with E-state index < -0.39 is 21.1 Å². The maximum atomic E-state index is 12.7. The second-order valence-corrected chi connectivity index (χ2v) is 8.05. The lowest BCUT2D eigenvalue weighted by atomic mass is 10.1. The van der Waals surface area contributed by atoms with Crippen molar-refractivity contribution in [2.45, 2.75) is 22.6 Å². The molecule has 0 aliphatic heterocycles. The molecular weight excluding hydrogens is 338 g/mol. The van der Waals surface area contributed by atoms with Gasteiger partial charge in [0.25, 0.3) is 0 Å². The summed E-state index contributed by atoms with van der Waals surface area (Å²) in [6.45, 7) is 0. The van der Waals surface area contributed by atoms with Gasteiger partial charge in [-0.05, 0) is 41.8 Å². The van der Waals surface area contributed by atoms with E-state index in [9.17, 15) is 8.42 Å². The van der Waals surface area contributed by atoms with Crippen LogP contribution in [0.1, 0.15) is 17.2 Å². The predicted molar refractivity (Wildman–Crippen MR) is 82.2 cm³/mol. The molecule has 0 saturated carbocycles. The number of sulfone groups is 1. The van der Waals surface area contributed by atoms with Crippen molar-refractivity contribution in [1.29, 1.82) is 0 Å². The quantitative estimate of drug-likeness (QED) is 0.904. The fourth-order valence-corrected chi connectivity index (χ4v) is 4.75. The molecule has 0 radical (unpaired) electrons. The number of hydrogen-bond donors (Lipinski definition) is 1. The predicted octanol–water partition coefficient (Wildman–Crippen LogP) is 2.85. The van der Waals surface area contributed by atoms with Crippen LogP contribution in [0.4, 0.5) is 0 Å². The highest BCUT2D eigenvalue weighted by molar-refractivity contribution is 9.10. The van der Waals surface area contributed by atoms with Crippen LogP contribution < -0.4 is 5.73 Å². The number of hydrogen-bond acceptors (Lipinski definition) is 3. The lowest BCUT2D eigenvalue weighted by molar-refractivity contribution is 0.565. The van der Waals surface area contributed by atoms with Gasteiger partial charge in [-0.3, -0.25) is 0 Å². The van der Waals surface area contributed by atoms with Gasteiger partial charge in [0, 0.05) is 10.5 Å². The highest BCUT2D eigenvalue weighted by Gasteiger charge is 2.39. The Labute approximate surface area is 126 Å². The zero-order valence-corrected chi connectivity index (χ0v) is 13.1. The first-order valence-electron chi connectivity index (χ1n) is 6.33. The van der Waals surface area contributed by atoms with Crippen LogP contribution >= 0.6 is 15.9 Å². The fraction of sp³-hybridized carbons (Fsp3) is 0.200. The highest BCUT2D eigenvalue weighted by Crippen LogP contribution is 2.36. The lowest BCUT2D eigenvalue weighted by Gasteiger charge is -2.17. The van der Waals surface area contributed by atoms with E-state index in [1.54, 1.807) is 24.3 Å². The molecule has 0 amide bonds. The topological polar surface area (TPSA) is 60.2 Å². The fourth-order valence-electron chi connectivity index (χ4n) is 2.69. The molecule has 2 N–H and O–H groups in total. The molecule has 0 fully saturated rings. The summed E-state index contributed by atoms with van der Waals surface area (Å²) in [6.07, 6.45) is 0.482. The molecule has 0 aromatic heterocycles. The van der Waals surface area contributed by atoms with E-state index in [1.165, 1.54) is 0 Å². The van der Waals surface area contributed by atoms with Crippen LogP contribution in [0.25, 0.3) is 0 Å². The summed E-state index contributed by atoms with van der Waals surface area (Å²) in [6, 6.07) is 13.9. The summed E-state index contributed by atoms with van der Waals surface area (Å²) >= 11 is 3.31.